The summed E-state index contributed by atoms with van der Waals surface area (Å²) in [5.74, 6) is 2.00. The molecule has 0 aliphatic carbocycles. The second kappa shape index (κ2) is 13.2. The summed E-state index contributed by atoms with van der Waals surface area (Å²) in [6.45, 7) is 12.9. The van der Waals surface area contributed by atoms with Crippen LogP contribution in [0.4, 0.5) is 5.82 Å². The highest BCUT2D eigenvalue weighted by Gasteiger charge is 2.24. The molecule has 0 atom stereocenters. The summed E-state index contributed by atoms with van der Waals surface area (Å²) in [6.07, 6.45) is 0.782. The van der Waals surface area contributed by atoms with Crippen molar-refractivity contribution in [3.63, 3.8) is 0 Å². The highest BCUT2D eigenvalue weighted by molar-refractivity contribution is 7.92. The number of aryl methyl sites for hydroxylation is 3. The summed E-state index contributed by atoms with van der Waals surface area (Å²) in [7, 11) is -3.97. The number of aromatic nitrogens is 2. The zero-order valence-corrected chi connectivity index (χ0v) is 25.2. The van der Waals surface area contributed by atoms with Gasteiger partial charge in [-0.3, -0.25) is 9.71 Å². The van der Waals surface area contributed by atoms with Gasteiger partial charge in [0.2, 0.25) is 0 Å². The molecular weight excluding hydrogens is 542 g/mol. The Morgan fingerprint density at radius 3 is 2.37 bits per heavy atom. The van der Waals surface area contributed by atoms with Crippen molar-refractivity contribution in [2.24, 2.45) is 0 Å². The molecule has 0 aliphatic heterocycles. The molecule has 0 saturated carbocycles. The quantitative estimate of drug-likeness (QED) is 0.190. The van der Waals surface area contributed by atoms with Gasteiger partial charge in [0.1, 0.15) is 12.4 Å². The number of pyridine rings is 1. The molecule has 218 valence electrons. The van der Waals surface area contributed by atoms with Crippen LogP contribution in [0.25, 0.3) is 11.1 Å². The predicted molar refractivity (Wildman–Crippen MR) is 158 cm³/mol. The van der Waals surface area contributed by atoms with E-state index in [1.807, 2.05) is 58.0 Å². The summed E-state index contributed by atoms with van der Waals surface area (Å²) in [5.41, 5.74) is 5.40. The van der Waals surface area contributed by atoms with Crippen molar-refractivity contribution in [1.82, 2.24) is 10.1 Å². The van der Waals surface area contributed by atoms with Crippen LogP contribution in [-0.2, 0) is 34.4 Å². The van der Waals surface area contributed by atoms with Crippen molar-refractivity contribution in [1.29, 1.82) is 0 Å². The Bertz CT molecular complexity index is 1610. The molecule has 0 radical (unpaired) electrons. The van der Waals surface area contributed by atoms with E-state index < -0.39 is 10.0 Å². The summed E-state index contributed by atoms with van der Waals surface area (Å²) in [4.78, 5) is 4.72. The van der Waals surface area contributed by atoms with E-state index in [2.05, 4.69) is 14.9 Å². The van der Waals surface area contributed by atoms with Gasteiger partial charge >= 0.3 is 0 Å². The standard InChI is InChI=1S/C31H37N3O6S/c1-7-25-17-28(30(38-9-3)21(5)32-25)39-18-23-14-15-26(24(16-23)19-37-8-2)27-12-10-11-13-29(27)41(35,36)34-31-20(4)22(6)40-33-31/h10-17H,7-9,18-19H2,1-6H3,(H,33,34). The van der Waals surface area contributed by atoms with Crippen LogP contribution in [0, 0.1) is 20.8 Å². The number of hydrogen-bond donors (Lipinski definition) is 1. The molecular formula is C31H37N3O6S. The second-order valence-electron chi connectivity index (χ2n) is 9.54. The van der Waals surface area contributed by atoms with Gasteiger partial charge in [0.15, 0.2) is 17.3 Å². The summed E-state index contributed by atoms with van der Waals surface area (Å²) < 4.78 is 52.6. The van der Waals surface area contributed by atoms with Crippen molar-refractivity contribution >= 4 is 15.8 Å². The first kappa shape index (κ1) is 30.1. The molecule has 10 heteroatoms. The van der Waals surface area contributed by atoms with Crippen LogP contribution in [0.1, 0.15) is 54.6 Å². The summed E-state index contributed by atoms with van der Waals surface area (Å²) in [5, 5.41) is 3.87. The molecule has 4 aromatic rings. The van der Waals surface area contributed by atoms with Gasteiger partial charge in [-0.2, -0.15) is 0 Å². The fraction of sp³-hybridized carbons (Fsp3) is 0.355. The minimum atomic E-state index is -3.97. The van der Waals surface area contributed by atoms with E-state index in [-0.39, 0.29) is 10.7 Å². The fourth-order valence-corrected chi connectivity index (χ4v) is 5.69. The third-order valence-electron chi connectivity index (χ3n) is 6.69. The van der Waals surface area contributed by atoms with Gasteiger partial charge < -0.3 is 18.7 Å². The molecule has 2 aromatic carbocycles. The third kappa shape index (κ3) is 6.89. The Labute approximate surface area is 241 Å². The van der Waals surface area contributed by atoms with Crippen LogP contribution >= 0.6 is 0 Å². The molecule has 9 nitrogen and oxygen atoms in total. The molecule has 0 unspecified atom stereocenters. The normalized spacial score (nSPS) is 11.5. The Kier molecular flexibility index (Phi) is 9.67. The van der Waals surface area contributed by atoms with Crippen molar-refractivity contribution in [3.8, 4) is 22.6 Å². The maximum absolute atomic E-state index is 13.5. The first-order valence-corrected chi connectivity index (χ1v) is 15.2. The molecule has 0 fully saturated rings. The van der Waals surface area contributed by atoms with E-state index in [9.17, 15) is 8.42 Å². The van der Waals surface area contributed by atoms with Gasteiger partial charge in [-0.25, -0.2) is 8.42 Å². The van der Waals surface area contributed by atoms with E-state index in [1.54, 1.807) is 32.0 Å². The van der Waals surface area contributed by atoms with Crippen molar-refractivity contribution in [3.05, 3.63) is 82.4 Å². The van der Waals surface area contributed by atoms with E-state index in [0.29, 0.717) is 54.8 Å². The van der Waals surface area contributed by atoms with Crippen molar-refractivity contribution < 1.29 is 27.2 Å². The van der Waals surface area contributed by atoms with Gasteiger partial charge in [0.25, 0.3) is 10.0 Å². The monoisotopic (exact) mass is 579 g/mol. The van der Waals surface area contributed by atoms with Gasteiger partial charge in [0, 0.05) is 29.5 Å². The summed E-state index contributed by atoms with van der Waals surface area (Å²) >= 11 is 0. The number of sulfonamides is 1. The van der Waals surface area contributed by atoms with Crippen LogP contribution in [-0.4, -0.2) is 31.8 Å². The predicted octanol–water partition coefficient (Wildman–Crippen LogP) is 6.54. The minimum Gasteiger partial charge on any atom is -0.488 e. The molecule has 2 heterocycles. The first-order valence-electron chi connectivity index (χ1n) is 13.7. The van der Waals surface area contributed by atoms with Crippen LogP contribution < -0.4 is 14.2 Å². The topological polar surface area (TPSA) is 113 Å². The molecule has 0 amide bonds. The lowest BCUT2D eigenvalue weighted by Crippen LogP contribution is -2.15. The minimum absolute atomic E-state index is 0.127. The average Bonchev–Trinajstić information content (AvgIpc) is 3.27. The van der Waals surface area contributed by atoms with E-state index in [0.717, 1.165) is 34.5 Å². The zero-order valence-electron chi connectivity index (χ0n) is 24.4. The molecule has 41 heavy (non-hydrogen) atoms. The highest BCUT2D eigenvalue weighted by atomic mass is 32.2. The number of hydrogen-bond acceptors (Lipinski definition) is 8. The summed E-state index contributed by atoms with van der Waals surface area (Å²) in [6, 6.07) is 14.6. The van der Waals surface area contributed by atoms with E-state index >= 15 is 0 Å². The Balaban J connectivity index is 1.68. The van der Waals surface area contributed by atoms with Crippen molar-refractivity contribution in [2.45, 2.75) is 66.1 Å². The van der Waals surface area contributed by atoms with Crippen molar-refractivity contribution in [2.75, 3.05) is 17.9 Å². The largest absolute Gasteiger partial charge is 0.488 e. The Hall–Kier alpha value is -3.89. The Morgan fingerprint density at radius 2 is 1.68 bits per heavy atom. The molecule has 0 spiro atoms. The molecule has 0 bridgehead atoms. The number of rotatable bonds is 13. The van der Waals surface area contributed by atoms with Crippen LogP contribution in [0.5, 0.6) is 11.5 Å². The van der Waals surface area contributed by atoms with E-state index in [4.69, 9.17) is 18.7 Å². The van der Waals surface area contributed by atoms with Crippen LogP contribution in [0.2, 0.25) is 0 Å². The first-order chi connectivity index (χ1) is 19.7. The second-order valence-corrected chi connectivity index (χ2v) is 11.2. The Morgan fingerprint density at radius 1 is 0.902 bits per heavy atom. The SMILES string of the molecule is CCOCc1cc(COc2cc(CC)nc(C)c2OCC)ccc1-c1ccccc1S(=O)(=O)Nc1noc(C)c1C. The number of anilines is 1. The lowest BCUT2D eigenvalue weighted by Gasteiger charge is -2.17. The molecule has 2 aromatic heterocycles. The van der Waals surface area contributed by atoms with E-state index in [1.165, 1.54) is 0 Å². The maximum atomic E-state index is 13.5. The molecule has 4 rings (SSSR count). The number of nitrogens with zero attached hydrogens (tertiary/aromatic N) is 2. The van der Waals surface area contributed by atoms with Crippen LogP contribution in [0.15, 0.2) is 57.9 Å². The fourth-order valence-electron chi connectivity index (χ4n) is 4.41. The molecule has 0 aliphatic rings. The number of nitrogens with one attached hydrogen (secondary N) is 1. The lowest BCUT2D eigenvalue weighted by molar-refractivity contribution is 0.134. The zero-order chi connectivity index (χ0) is 29.6. The third-order valence-corrected chi connectivity index (χ3v) is 8.09. The van der Waals surface area contributed by atoms with Gasteiger partial charge in [-0.15, -0.1) is 0 Å². The number of ether oxygens (including phenoxy) is 3. The average molecular weight is 580 g/mol. The lowest BCUT2D eigenvalue weighted by atomic mass is 9.98. The van der Waals surface area contributed by atoms with Gasteiger partial charge in [-0.05, 0) is 69.9 Å². The van der Waals surface area contributed by atoms with Gasteiger partial charge in [-0.1, -0.05) is 42.4 Å². The number of benzene rings is 2. The van der Waals surface area contributed by atoms with Gasteiger partial charge in [0.05, 0.1) is 23.8 Å². The highest BCUT2D eigenvalue weighted by Crippen LogP contribution is 2.34. The molecule has 1 N–H and O–H groups in total. The smallest absolute Gasteiger partial charge is 0.263 e. The maximum Gasteiger partial charge on any atom is 0.263 e. The van der Waals surface area contributed by atoms with Crippen LogP contribution in [0.3, 0.4) is 0 Å². The molecule has 0 saturated heterocycles.